The molecule has 0 heterocycles. The van der Waals surface area contributed by atoms with E-state index in [1.807, 2.05) is 0 Å². The third-order valence-corrected chi connectivity index (χ3v) is 3.51. The molecule has 0 aliphatic rings. The average Bonchev–Trinajstić information content (AvgIpc) is 2.09. The van der Waals surface area contributed by atoms with Crippen LogP contribution in [0.25, 0.3) is 0 Å². The molecular weight excluding hydrogens is 232 g/mol. The molecule has 0 aromatic heterocycles. The molecule has 19 heavy (non-hydrogen) atoms. The van der Waals surface area contributed by atoms with Gasteiger partial charge >= 0.3 is 0 Å². The van der Waals surface area contributed by atoms with E-state index in [2.05, 4.69) is 69.2 Å². The summed E-state index contributed by atoms with van der Waals surface area (Å²) in [6.45, 7) is 22.7. The maximum absolute atomic E-state index is 6.42. The van der Waals surface area contributed by atoms with Crippen LogP contribution in [0.15, 0.2) is 0 Å². The molecular formula is C18H38O. The fourth-order valence-electron chi connectivity index (χ4n) is 2.20. The van der Waals surface area contributed by atoms with Gasteiger partial charge < -0.3 is 4.74 Å². The largest absolute Gasteiger partial charge is 0.370 e. The van der Waals surface area contributed by atoms with Gasteiger partial charge in [-0.05, 0) is 64.2 Å². The number of rotatable bonds is 6. The molecule has 0 saturated heterocycles. The summed E-state index contributed by atoms with van der Waals surface area (Å²) in [6, 6.07) is 0. The Balaban J connectivity index is 4.37. The van der Waals surface area contributed by atoms with Crippen molar-refractivity contribution in [1.82, 2.24) is 0 Å². The van der Waals surface area contributed by atoms with E-state index >= 15 is 0 Å². The van der Waals surface area contributed by atoms with Crippen molar-refractivity contribution in [2.24, 2.45) is 10.8 Å². The standard InChI is InChI=1S/C18H38O/c1-15(2,3)11-13-17(7,8)19-18(9,10)14-12-16(4,5)6/h11-14H2,1-10H3. The summed E-state index contributed by atoms with van der Waals surface area (Å²) in [5.41, 5.74) is 0.704. The van der Waals surface area contributed by atoms with E-state index in [0.29, 0.717) is 10.8 Å². The summed E-state index contributed by atoms with van der Waals surface area (Å²) < 4.78 is 6.42. The highest BCUT2D eigenvalue weighted by molar-refractivity contribution is 4.80. The quantitative estimate of drug-likeness (QED) is 0.557. The van der Waals surface area contributed by atoms with Gasteiger partial charge in [-0.2, -0.15) is 0 Å². The molecule has 0 aromatic rings. The molecule has 0 rings (SSSR count). The Hall–Kier alpha value is -0.0400. The molecule has 0 aliphatic carbocycles. The molecule has 1 heteroatoms. The van der Waals surface area contributed by atoms with E-state index in [9.17, 15) is 0 Å². The van der Waals surface area contributed by atoms with Crippen molar-refractivity contribution >= 4 is 0 Å². The lowest BCUT2D eigenvalue weighted by molar-refractivity contribution is -0.134. The Morgan fingerprint density at radius 1 is 0.474 bits per heavy atom. The summed E-state index contributed by atoms with van der Waals surface area (Å²) in [4.78, 5) is 0. The average molecular weight is 271 g/mol. The van der Waals surface area contributed by atoms with Crippen molar-refractivity contribution in [3.63, 3.8) is 0 Å². The molecule has 0 atom stereocenters. The first kappa shape index (κ1) is 19.0. The Labute approximate surface area is 122 Å². The predicted octanol–water partition coefficient (Wildman–Crippen LogP) is 6.21. The molecule has 0 fully saturated rings. The van der Waals surface area contributed by atoms with Gasteiger partial charge in [-0.25, -0.2) is 0 Å². The highest BCUT2D eigenvalue weighted by atomic mass is 16.5. The Bertz CT molecular complexity index is 232. The minimum atomic E-state index is -0.0331. The molecule has 116 valence electrons. The zero-order valence-corrected chi connectivity index (χ0v) is 15.2. The van der Waals surface area contributed by atoms with Gasteiger partial charge in [0.1, 0.15) is 0 Å². The Morgan fingerprint density at radius 3 is 0.947 bits per heavy atom. The lowest BCUT2D eigenvalue weighted by Crippen LogP contribution is -2.38. The van der Waals surface area contributed by atoms with Crippen LogP contribution in [0.2, 0.25) is 0 Å². The van der Waals surface area contributed by atoms with Crippen LogP contribution in [0.4, 0.5) is 0 Å². The van der Waals surface area contributed by atoms with Crippen molar-refractivity contribution in [1.29, 1.82) is 0 Å². The predicted molar refractivity (Wildman–Crippen MR) is 86.6 cm³/mol. The monoisotopic (exact) mass is 270 g/mol. The van der Waals surface area contributed by atoms with Gasteiger partial charge in [0.25, 0.3) is 0 Å². The van der Waals surface area contributed by atoms with Crippen LogP contribution < -0.4 is 0 Å². The van der Waals surface area contributed by atoms with Gasteiger partial charge in [0.2, 0.25) is 0 Å². The number of ether oxygens (including phenoxy) is 1. The molecule has 0 bridgehead atoms. The molecule has 0 N–H and O–H groups in total. The van der Waals surface area contributed by atoms with E-state index in [0.717, 1.165) is 12.8 Å². The van der Waals surface area contributed by atoms with Gasteiger partial charge in [0, 0.05) is 0 Å². The van der Waals surface area contributed by atoms with Gasteiger partial charge in [-0.15, -0.1) is 0 Å². The van der Waals surface area contributed by atoms with Crippen molar-refractivity contribution in [2.45, 2.75) is 106 Å². The van der Waals surface area contributed by atoms with E-state index in [4.69, 9.17) is 4.74 Å². The van der Waals surface area contributed by atoms with Crippen molar-refractivity contribution in [3.8, 4) is 0 Å². The topological polar surface area (TPSA) is 9.23 Å². The lowest BCUT2D eigenvalue weighted by atomic mass is 9.84. The zero-order chi connectivity index (χ0) is 15.5. The van der Waals surface area contributed by atoms with Crippen LogP contribution in [-0.2, 0) is 4.74 Å². The molecule has 0 amide bonds. The second kappa shape index (κ2) is 6.16. The zero-order valence-electron chi connectivity index (χ0n) is 15.2. The first-order chi connectivity index (χ1) is 8.12. The second-order valence-electron chi connectivity index (χ2n) is 9.74. The third-order valence-electron chi connectivity index (χ3n) is 3.51. The smallest absolute Gasteiger partial charge is 0.0634 e. The fourth-order valence-corrected chi connectivity index (χ4v) is 2.20. The first-order valence-electron chi connectivity index (χ1n) is 7.82. The van der Waals surface area contributed by atoms with E-state index in [1.165, 1.54) is 12.8 Å². The van der Waals surface area contributed by atoms with Crippen LogP contribution in [0.3, 0.4) is 0 Å². The highest BCUT2D eigenvalue weighted by Gasteiger charge is 2.31. The van der Waals surface area contributed by atoms with Gasteiger partial charge in [0.15, 0.2) is 0 Å². The van der Waals surface area contributed by atoms with Crippen LogP contribution in [-0.4, -0.2) is 11.2 Å². The summed E-state index contributed by atoms with van der Waals surface area (Å²) in [7, 11) is 0. The molecule has 0 spiro atoms. The third kappa shape index (κ3) is 11.5. The van der Waals surface area contributed by atoms with Crippen LogP contribution >= 0.6 is 0 Å². The van der Waals surface area contributed by atoms with Gasteiger partial charge in [0.05, 0.1) is 11.2 Å². The van der Waals surface area contributed by atoms with Gasteiger partial charge in [-0.1, -0.05) is 41.5 Å². The van der Waals surface area contributed by atoms with E-state index < -0.39 is 0 Å². The molecule has 0 aliphatic heterocycles. The summed E-state index contributed by atoms with van der Waals surface area (Å²) in [6.07, 6.45) is 4.65. The maximum atomic E-state index is 6.42. The van der Waals surface area contributed by atoms with Crippen molar-refractivity contribution in [2.75, 3.05) is 0 Å². The van der Waals surface area contributed by atoms with E-state index in [1.54, 1.807) is 0 Å². The summed E-state index contributed by atoms with van der Waals surface area (Å²) >= 11 is 0. The number of hydrogen-bond acceptors (Lipinski definition) is 1. The van der Waals surface area contributed by atoms with Gasteiger partial charge in [-0.3, -0.25) is 0 Å². The van der Waals surface area contributed by atoms with Crippen LogP contribution in [0.1, 0.15) is 94.9 Å². The second-order valence-corrected chi connectivity index (χ2v) is 9.74. The normalized spacial score (nSPS) is 14.8. The summed E-state index contributed by atoms with van der Waals surface area (Å²) in [5, 5.41) is 0. The lowest BCUT2D eigenvalue weighted by Gasteiger charge is -2.39. The molecule has 0 saturated carbocycles. The summed E-state index contributed by atoms with van der Waals surface area (Å²) in [5.74, 6) is 0. The van der Waals surface area contributed by atoms with Crippen molar-refractivity contribution < 1.29 is 4.74 Å². The minimum Gasteiger partial charge on any atom is -0.370 e. The first-order valence-corrected chi connectivity index (χ1v) is 7.82. The Kier molecular flexibility index (Phi) is 6.15. The van der Waals surface area contributed by atoms with E-state index in [-0.39, 0.29) is 11.2 Å². The minimum absolute atomic E-state index is 0.0331. The maximum Gasteiger partial charge on any atom is 0.0634 e. The molecule has 0 unspecified atom stereocenters. The van der Waals surface area contributed by atoms with Crippen LogP contribution in [0.5, 0.6) is 0 Å². The van der Waals surface area contributed by atoms with Crippen molar-refractivity contribution in [3.05, 3.63) is 0 Å². The fraction of sp³-hybridized carbons (Fsp3) is 1.00. The Morgan fingerprint density at radius 2 is 0.737 bits per heavy atom. The SMILES string of the molecule is CC(C)(C)CCC(C)(C)OC(C)(C)CCC(C)(C)C. The molecule has 1 nitrogen and oxygen atoms in total. The molecule has 0 radical (unpaired) electrons. The van der Waals surface area contributed by atoms with Crippen LogP contribution in [0, 0.1) is 10.8 Å². The highest BCUT2D eigenvalue weighted by Crippen LogP contribution is 2.34. The molecule has 0 aromatic carbocycles. The number of hydrogen-bond donors (Lipinski definition) is 0.